The summed E-state index contributed by atoms with van der Waals surface area (Å²) < 4.78 is 0. The predicted octanol–water partition coefficient (Wildman–Crippen LogP) is 2.09. The minimum atomic E-state index is 0.339. The molecule has 0 radical (unpaired) electrons. The van der Waals surface area contributed by atoms with Crippen LogP contribution >= 0.6 is 12.2 Å². The van der Waals surface area contributed by atoms with Gasteiger partial charge in [0, 0.05) is 29.9 Å². The number of benzene rings is 1. The van der Waals surface area contributed by atoms with E-state index < -0.39 is 0 Å². The van der Waals surface area contributed by atoms with E-state index in [1.807, 2.05) is 24.3 Å². The molecule has 0 bridgehead atoms. The molecule has 104 valence electrons. The number of thiocarbonyl (C=S) groups is 1. The third-order valence-electron chi connectivity index (χ3n) is 2.70. The lowest BCUT2D eigenvalue weighted by atomic mass is 10.1. The van der Waals surface area contributed by atoms with Crippen molar-refractivity contribution in [2.24, 2.45) is 5.73 Å². The SMILES string of the molecule is CN(C)CCCNc1ccccc1C(=N)CC(N)=S. The average molecular weight is 278 g/mol. The number of anilines is 1. The van der Waals surface area contributed by atoms with Crippen LogP contribution in [0.25, 0.3) is 0 Å². The molecule has 0 fully saturated rings. The summed E-state index contributed by atoms with van der Waals surface area (Å²) in [7, 11) is 4.12. The molecule has 1 aromatic rings. The van der Waals surface area contributed by atoms with Gasteiger partial charge in [0.15, 0.2) is 0 Å². The van der Waals surface area contributed by atoms with Crippen molar-refractivity contribution in [3.8, 4) is 0 Å². The molecule has 0 saturated heterocycles. The van der Waals surface area contributed by atoms with Crippen LogP contribution in [-0.2, 0) is 0 Å². The van der Waals surface area contributed by atoms with Crippen molar-refractivity contribution in [3.05, 3.63) is 29.8 Å². The van der Waals surface area contributed by atoms with Crippen molar-refractivity contribution < 1.29 is 0 Å². The van der Waals surface area contributed by atoms with Gasteiger partial charge in [-0.2, -0.15) is 0 Å². The second-order valence-corrected chi connectivity index (χ2v) is 5.28. The maximum Gasteiger partial charge on any atom is 0.0787 e. The van der Waals surface area contributed by atoms with Crippen LogP contribution in [0, 0.1) is 5.41 Å². The smallest absolute Gasteiger partial charge is 0.0787 e. The Morgan fingerprint density at radius 3 is 2.68 bits per heavy atom. The monoisotopic (exact) mass is 278 g/mol. The molecule has 4 N–H and O–H groups in total. The Bertz CT molecular complexity index is 443. The van der Waals surface area contributed by atoms with Gasteiger partial charge in [-0.3, -0.25) is 0 Å². The lowest BCUT2D eigenvalue weighted by Gasteiger charge is -2.14. The number of nitrogens with one attached hydrogen (secondary N) is 2. The fraction of sp³-hybridized carbons (Fsp3) is 0.429. The summed E-state index contributed by atoms with van der Waals surface area (Å²) in [6.07, 6.45) is 1.40. The number of para-hydroxylation sites is 1. The summed E-state index contributed by atoms with van der Waals surface area (Å²) in [5, 5.41) is 11.4. The molecule has 0 heterocycles. The summed E-state index contributed by atoms with van der Waals surface area (Å²) in [5.74, 6) is 0. The summed E-state index contributed by atoms with van der Waals surface area (Å²) in [5.41, 5.74) is 7.81. The molecule has 0 aliphatic heterocycles. The molecule has 0 spiro atoms. The first-order chi connectivity index (χ1) is 9.00. The van der Waals surface area contributed by atoms with Gasteiger partial charge in [-0.1, -0.05) is 30.4 Å². The van der Waals surface area contributed by atoms with Crippen LogP contribution in [0.3, 0.4) is 0 Å². The molecule has 0 aromatic heterocycles. The Balaban J connectivity index is 2.62. The Labute approximate surface area is 120 Å². The number of hydrogen-bond donors (Lipinski definition) is 3. The Morgan fingerprint density at radius 2 is 2.05 bits per heavy atom. The van der Waals surface area contributed by atoms with Gasteiger partial charge in [0.05, 0.1) is 4.99 Å². The zero-order chi connectivity index (χ0) is 14.3. The van der Waals surface area contributed by atoms with Crippen LogP contribution in [0.5, 0.6) is 0 Å². The molecule has 0 unspecified atom stereocenters. The van der Waals surface area contributed by atoms with Crippen LogP contribution in [-0.4, -0.2) is 42.8 Å². The quantitative estimate of drug-likeness (QED) is 0.387. The minimum absolute atomic E-state index is 0.339. The van der Waals surface area contributed by atoms with E-state index in [1.165, 1.54) is 0 Å². The lowest BCUT2D eigenvalue weighted by molar-refractivity contribution is 0.405. The predicted molar refractivity (Wildman–Crippen MR) is 86.3 cm³/mol. The fourth-order valence-corrected chi connectivity index (χ4v) is 1.93. The number of nitrogens with zero attached hydrogens (tertiary/aromatic N) is 1. The van der Waals surface area contributed by atoms with Crippen LogP contribution in [0.1, 0.15) is 18.4 Å². The fourth-order valence-electron chi connectivity index (χ4n) is 1.79. The third-order valence-corrected chi connectivity index (χ3v) is 2.85. The first-order valence-electron chi connectivity index (χ1n) is 6.34. The Kier molecular flexibility index (Phi) is 6.45. The highest BCUT2D eigenvalue weighted by Crippen LogP contribution is 2.16. The second-order valence-electron chi connectivity index (χ2n) is 4.75. The molecule has 5 heteroatoms. The summed E-state index contributed by atoms with van der Waals surface area (Å²) in [6.45, 7) is 1.93. The van der Waals surface area contributed by atoms with Gasteiger partial charge in [0.2, 0.25) is 0 Å². The Morgan fingerprint density at radius 1 is 1.37 bits per heavy atom. The van der Waals surface area contributed by atoms with Crippen molar-refractivity contribution in [3.63, 3.8) is 0 Å². The van der Waals surface area contributed by atoms with E-state index in [1.54, 1.807) is 0 Å². The maximum atomic E-state index is 8.03. The van der Waals surface area contributed by atoms with Gasteiger partial charge < -0.3 is 21.4 Å². The normalized spacial score (nSPS) is 10.5. The molecule has 1 rings (SSSR count). The first kappa shape index (κ1) is 15.6. The largest absolute Gasteiger partial charge is 0.393 e. The van der Waals surface area contributed by atoms with E-state index in [0.29, 0.717) is 17.1 Å². The van der Waals surface area contributed by atoms with E-state index in [9.17, 15) is 0 Å². The zero-order valence-electron chi connectivity index (χ0n) is 11.6. The van der Waals surface area contributed by atoms with Crippen molar-refractivity contribution in [1.82, 2.24) is 4.90 Å². The minimum Gasteiger partial charge on any atom is -0.393 e. The van der Waals surface area contributed by atoms with Gasteiger partial charge in [-0.05, 0) is 33.1 Å². The molecular formula is C14H22N4S. The lowest BCUT2D eigenvalue weighted by Crippen LogP contribution is -2.18. The molecule has 0 amide bonds. The Hall–Kier alpha value is -1.46. The van der Waals surface area contributed by atoms with Gasteiger partial charge in [0.25, 0.3) is 0 Å². The van der Waals surface area contributed by atoms with E-state index >= 15 is 0 Å². The molecule has 19 heavy (non-hydrogen) atoms. The first-order valence-corrected chi connectivity index (χ1v) is 6.75. The standard InChI is InChI=1S/C14H22N4S/c1-18(2)9-5-8-17-13-7-4-3-6-11(13)12(15)10-14(16)19/h3-4,6-7,15,17H,5,8-10H2,1-2H3,(H2,16,19). The van der Waals surface area contributed by atoms with Crippen molar-refractivity contribution in [2.75, 3.05) is 32.5 Å². The van der Waals surface area contributed by atoms with E-state index in [2.05, 4.69) is 24.3 Å². The van der Waals surface area contributed by atoms with Gasteiger partial charge in [-0.15, -0.1) is 0 Å². The molecular weight excluding hydrogens is 256 g/mol. The van der Waals surface area contributed by atoms with Gasteiger partial charge >= 0.3 is 0 Å². The summed E-state index contributed by atoms with van der Waals surface area (Å²) in [4.78, 5) is 2.51. The van der Waals surface area contributed by atoms with Crippen LogP contribution < -0.4 is 11.1 Å². The second kappa shape index (κ2) is 7.86. The third kappa shape index (κ3) is 5.81. The van der Waals surface area contributed by atoms with E-state index in [4.69, 9.17) is 23.4 Å². The molecule has 0 aliphatic rings. The van der Waals surface area contributed by atoms with Crippen molar-refractivity contribution in [1.29, 1.82) is 5.41 Å². The molecule has 1 aromatic carbocycles. The highest BCUT2D eigenvalue weighted by atomic mass is 32.1. The van der Waals surface area contributed by atoms with Crippen LogP contribution in [0.4, 0.5) is 5.69 Å². The van der Waals surface area contributed by atoms with Crippen molar-refractivity contribution >= 4 is 28.6 Å². The van der Waals surface area contributed by atoms with Crippen molar-refractivity contribution in [2.45, 2.75) is 12.8 Å². The highest BCUT2D eigenvalue weighted by Gasteiger charge is 2.08. The van der Waals surface area contributed by atoms with Crippen LogP contribution in [0.2, 0.25) is 0 Å². The van der Waals surface area contributed by atoms with Gasteiger partial charge in [-0.25, -0.2) is 0 Å². The van der Waals surface area contributed by atoms with E-state index in [-0.39, 0.29) is 0 Å². The number of nitrogens with two attached hydrogens (primary N) is 1. The summed E-state index contributed by atoms with van der Waals surface area (Å²) >= 11 is 4.86. The molecule has 0 atom stereocenters. The maximum absolute atomic E-state index is 8.03. The van der Waals surface area contributed by atoms with E-state index in [0.717, 1.165) is 30.8 Å². The molecule has 4 nitrogen and oxygen atoms in total. The molecule has 0 saturated carbocycles. The summed E-state index contributed by atoms with van der Waals surface area (Å²) in [6, 6.07) is 7.80. The van der Waals surface area contributed by atoms with Crippen LogP contribution in [0.15, 0.2) is 24.3 Å². The number of rotatable bonds is 8. The zero-order valence-corrected chi connectivity index (χ0v) is 12.4. The molecule has 0 aliphatic carbocycles. The van der Waals surface area contributed by atoms with Gasteiger partial charge in [0.1, 0.15) is 0 Å². The average Bonchev–Trinajstić information content (AvgIpc) is 2.34. The topological polar surface area (TPSA) is 65.1 Å². The highest BCUT2D eigenvalue weighted by molar-refractivity contribution is 7.80. The number of hydrogen-bond acceptors (Lipinski definition) is 4.